The van der Waals surface area contributed by atoms with E-state index in [1.54, 1.807) is 0 Å². The summed E-state index contributed by atoms with van der Waals surface area (Å²) in [4.78, 5) is 11.4. The largest absolute Gasteiger partial charge is 0.419 e. The highest BCUT2D eigenvalue weighted by Gasteiger charge is 2.34. The highest BCUT2D eigenvalue weighted by Crippen LogP contribution is 2.33. The Morgan fingerprint density at radius 1 is 1.28 bits per heavy atom. The first-order valence-electron chi connectivity index (χ1n) is 5.76. The van der Waals surface area contributed by atoms with Crippen LogP contribution in [0.3, 0.4) is 0 Å². The van der Waals surface area contributed by atoms with Crippen molar-refractivity contribution in [3.05, 3.63) is 35.1 Å². The molecule has 0 unspecified atom stereocenters. The fourth-order valence-corrected chi connectivity index (χ4v) is 1.82. The number of rotatable bonds is 4. The number of alkyl halides is 3. The summed E-state index contributed by atoms with van der Waals surface area (Å²) < 4.78 is 50.2. The lowest BCUT2D eigenvalue weighted by molar-refractivity contribution is -0.140. The van der Waals surface area contributed by atoms with Gasteiger partial charge in [-0.2, -0.15) is 13.2 Å². The van der Waals surface area contributed by atoms with Gasteiger partial charge in [-0.3, -0.25) is 4.79 Å². The van der Waals surface area contributed by atoms with E-state index in [0.29, 0.717) is 12.0 Å². The number of halogens is 4. The standard InChI is InChI=1S/C13H12F4O/c14-11-7-8(1-5-10(11)13(15,16)17)2-6-12(18)9-3-4-9/h1,5,7,9H,2-4,6H2. The van der Waals surface area contributed by atoms with Crippen molar-refractivity contribution in [3.8, 4) is 0 Å². The molecule has 1 aliphatic rings. The topological polar surface area (TPSA) is 17.1 Å². The van der Waals surface area contributed by atoms with Crippen molar-refractivity contribution in [2.24, 2.45) is 5.92 Å². The Morgan fingerprint density at radius 3 is 2.44 bits per heavy atom. The fraction of sp³-hybridized carbons (Fsp3) is 0.462. The Balaban J connectivity index is 2.02. The summed E-state index contributed by atoms with van der Waals surface area (Å²) in [5.74, 6) is -1.03. The summed E-state index contributed by atoms with van der Waals surface area (Å²) in [6.07, 6.45) is -2.30. The molecule has 1 aromatic carbocycles. The van der Waals surface area contributed by atoms with Crippen molar-refractivity contribution >= 4 is 5.78 Å². The van der Waals surface area contributed by atoms with E-state index in [-0.39, 0.29) is 18.1 Å². The van der Waals surface area contributed by atoms with Crippen molar-refractivity contribution in [1.29, 1.82) is 0 Å². The zero-order chi connectivity index (χ0) is 13.3. The molecule has 0 radical (unpaired) electrons. The first-order valence-corrected chi connectivity index (χ1v) is 5.76. The van der Waals surface area contributed by atoms with Crippen LogP contribution in [0.25, 0.3) is 0 Å². The van der Waals surface area contributed by atoms with Gasteiger partial charge in [-0.05, 0) is 37.0 Å². The Morgan fingerprint density at radius 2 is 1.94 bits per heavy atom. The third-order valence-electron chi connectivity index (χ3n) is 3.03. The van der Waals surface area contributed by atoms with Gasteiger partial charge in [0.1, 0.15) is 11.6 Å². The Bertz CT molecular complexity index is 461. The molecule has 1 aromatic rings. The molecule has 0 heterocycles. The van der Waals surface area contributed by atoms with E-state index >= 15 is 0 Å². The van der Waals surface area contributed by atoms with Crippen LogP contribution in [0.1, 0.15) is 30.4 Å². The van der Waals surface area contributed by atoms with Gasteiger partial charge in [0, 0.05) is 12.3 Å². The molecule has 0 amide bonds. The van der Waals surface area contributed by atoms with Gasteiger partial charge >= 0.3 is 6.18 Å². The Hall–Kier alpha value is -1.39. The number of carbonyl (C=O) groups is 1. The zero-order valence-electron chi connectivity index (χ0n) is 9.56. The fourth-order valence-electron chi connectivity index (χ4n) is 1.82. The van der Waals surface area contributed by atoms with Gasteiger partial charge in [0.05, 0.1) is 5.56 Å². The number of hydrogen-bond donors (Lipinski definition) is 0. The van der Waals surface area contributed by atoms with Gasteiger partial charge in [0.15, 0.2) is 0 Å². The number of Topliss-reactive ketones (excluding diaryl/α,β-unsaturated/α-hetero) is 1. The van der Waals surface area contributed by atoms with Crippen LogP contribution in [-0.2, 0) is 17.4 Å². The van der Waals surface area contributed by atoms with Crippen molar-refractivity contribution in [2.75, 3.05) is 0 Å². The van der Waals surface area contributed by atoms with Gasteiger partial charge in [-0.25, -0.2) is 4.39 Å². The number of carbonyl (C=O) groups excluding carboxylic acids is 1. The first-order chi connectivity index (χ1) is 8.38. The predicted octanol–water partition coefficient (Wildman–Crippen LogP) is 3.76. The van der Waals surface area contributed by atoms with E-state index in [9.17, 15) is 22.4 Å². The van der Waals surface area contributed by atoms with Crippen LogP contribution in [0.5, 0.6) is 0 Å². The molecule has 1 nitrogen and oxygen atoms in total. The molecule has 1 saturated carbocycles. The van der Waals surface area contributed by atoms with Crippen molar-refractivity contribution in [3.63, 3.8) is 0 Å². The average Bonchev–Trinajstić information content (AvgIpc) is 3.07. The second-order valence-corrected chi connectivity index (χ2v) is 4.55. The van der Waals surface area contributed by atoms with E-state index in [2.05, 4.69) is 0 Å². The lowest BCUT2D eigenvalue weighted by Gasteiger charge is -2.09. The summed E-state index contributed by atoms with van der Waals surface area (Å²) >= 11 is 0. The van der Waals surface area contributed by atoms with Crippen molar-refractivity contribution in [1.82, 2.24) is 0 Å². The number of benzene rings is 1. The van der Waals surface area contributed by atoms with Crippen LogP contribution in [0.2, 0.25) is 0 Å². The third kappa shape index (κ3) is 3.09. The second-order valence-electron chi connectivity index (χ2n) is 4.55. The molecule has 98 valence electrons. The van der Waals surface area contributed by atoms with Crippen molar-refractivity contribution < 1.29 is 22.4 Å². The highest BCUT2D eigenvalue weighted by atomic mass is 19.4. The lowest BCUT2D eigenvalue weighted by Crippen LogP contribution is -2.09. The summed E-state index contributed by atoms with van der Waals surface area (Å²) in [6.45, 7) is 0. The molecular weight excluding hydrogens is 248 g/mol. The number of ketones is 1. The summed E-state index contributed by atoms with van der Waals surface area (Å²) in [7, 11) is 0. The molecule has 0 aliphatic heterocycles. The van der Waals surface area contributed by atoms with Crippen molar-refractivity contribution in [2.45, 2.75) is 31.9 Å². The minimum absolute atomic E-state index is 0.121. The van der Waals surface area contributed by atoms with E-state index in [0.717, 1.165) is 25.0 Å². The number of aryl methyl sites for hydroxylation is 1. The maximum absolute atomic E-state index is 13.2. The molecule has 0 atom stereocenters. The molecular formula is C13H12F4O. The van der Waals surface area contributed by atoms with Crippen LogP contribution >= 0.6 is 0 Å². The molecule has 1 aliphatic carbocycles. The predicted molar refractivity (Wildman–Crippen MR) is 57.5 cm³/mol. The molecule has 18 heavy (non-hydrogen) atoms. The zero-order valence-corrected chi connectivity index (χ0v) is 9.56. The monoisotopic (exact) mass is 260 g/mol. The van der Waals surface area contributed by atoms with E-state index in [1.807, 2.05) is 0 Å². The number of hydrogen-bond acceptors (Lipinski definition) is 1. The van der Waals surface area contributed by atoms with Gasteiger partial charge in [-0.15, -0.1) is 0 Å². The van der Waals surface area contributed by atoms with Crippen LogP contribution < -0.4 is 0 Å². The molecule has 0 aromatic heterocycles. The third-order valence-corrected chi connectivity index (χ3v) is 3.03. The molecule has 0 saturated heterocycles. The normalized spacial score (nSPS) is 15.8. The molecule has 5 heteroatoms. The van der Waals surface area contributed by atoms with Gasteiger partial charge in [0.2, 0.25) is 0 Å². The van der Waals surface area contributed by atoms with E-state index < -0.39 is 17.6 Å². The molecule has 0 spiro atoms. The van der Waals surface area contributed by atoms with Crippen LogP contribution in [0.4, 0.5) is 17.6 Å². The SMILES string of the molecule is O=C(CCc1ccc(C(F)(F)F)c(F)c1)C1CC1. The van der Waals surface area contributed by atoms with Gasteiger partial charge in [0.25, 0.3) is 0 Å². The van der Waals surface area contributed by atoms with E-state index in [4.69, 9.17) is 0 Å². The van der Waals surface area contributed by atoms with E-state index in [1.165, 1.54) is 6.07 Å². The van der Waals surface area contributed by atoms with Gasteiger partial charge in [-0.1, -0.05) is 6.07 Å². The quantitative estimate of drug-likeness (QED) is 0.753. The summed E-state index contributed by atoms with van der Waals surface area (Å²) in [5.41, 5.74) is -0.839. The molecule has 0 bridgehead atoms. The Labute approximate surface area is 102 Å². The molecule has 2 rings (SSSR count). The van der Waals surface area contributed by atoms with Gasteiger partial charge < -0.3 is 0 Å². The van der Waals surface area contributed by atoms with Crippen LogP contribution in [0.15, 0.2) is 18.2 Å². The van der Waals surface area contributed by atoms with Crippen LogP contribution in [0, 0.1) is 11.7 Å². The minimum atomic E-state index is -4.67. The van der Waals surface area contributed by atoms with Crippen LogP contribution in [-0.4, -0.2) is 5.78 Å². The molecule has 0 N–H and O–H groups in total. The highest BCUT2D eigenvalue weighted by molar-refractivity contribution is 5.83. The smallest absolute Gasteiger partial charge is 0.299 e. The second kappa shape index (κ2) is 4.71. The lowest BCUT2D eigenvalue weighted by atomic mass is 10.0. The summed E-state index contributed by atoms with van der Waals surface area (Å²) in [6, 6.07) is 2.82. The first kappa shape index (κ1) is 13.1. The maximum Gasteiger partial charge on any atom is 0.419 e. The maximum atomic E-state index is 13.2. The average molecular weight is 260 g/mol. The minimum Gasteiger partial charge on any atom is -0.299 e. The Kier molecular flexibility index (Phi) is 3.41. The summed E-state index contributed by atoms with van der Waals surface area (Å²) in [5, 5.41) is 0. The molecule has 1 fully saturated rings.